The standard InChI is InChI=1S/C21H25NO6/c1-6-27-21(25)18-9-13(2)22(14(18)3)11-20(24)28-12-17-10-16(15(4)23)7-8-19(17)26-5/h7-10H,6,11-12H2,1-5H3. The van der Waals surface area contributed by atoms with Gasteiger partial charge in [-0.05, 0) is 52.0 Å². The monoisotopic (exact) mass is 387 g/mol. The van der Waals surface area contributed by atoms with Crippen LogP contribution >= 0.6 is 0 Å². The van der Waals surface area contributed by atoms with Crippen molar-refractivity contribution in [2.45, 2.75) is 40.8 Å². The Labute approximate surface area is 164 Å². The summed E-state index contributed by atoms with van der Waals surface area (Å²) in [5, 5.41) is 0. The van der Waals surface area contributed by atoms with Crippen LogP contribution in [0.2, 0.25) is 0 Å². The van der Waals surface area contributed by atoms with Crippen molar-refractivity contribution in [2.75, 3.05) is 13.7 Å². The van der Waals surface area contributed by atoms with Crippen LogP contribution in [-0.4, -0.2) is 36.0 Å². The molecule has 0 aliphatic heterocycles. The lowest BCUT2D eigenvalue weighted by Gasteiger charge is -2.12. The van der Waals surface area contributed by atoms with Gasteiger partial charge < -0.3 is 18.8 Å². The van der Waals surface area contributed by atoms with Crippen LogP contribution in [0.1, 0.15) is 51.5 Å². The molecule has 0 atom stereocenters. The van der Waals surface area contributed by atoms with Gasteiger partial charge in [0.25, 0.3) is 0 Å². The summed E-state index contributed by atoms with van der Waals surface area (Å²) in [5.41, 5.74) is 2.96. The number of ketones is 1. The minimum atomic E-state index is -0.465. The van der Waals surface area contributed by atoms with E-state index in [1.165, 1.54) is 14.0 Å². The van der Waals surface area contributed by atoms with Crippen molar-refractivity contribution in [1.29, 1.82) is 0 Å². The van der Waals surface area contributed by atoms with Gasteiger partial charge in [-0.25, -0.2) is 4.79 Å². The number of carbonyl (C=O) groups excluding carboxylic acids is 3. The fourth-order valence-corrected chi connectivity index (χ4v) is 2.90. The first kappa shape index (κ1) is 21.2. The van der Waals surface area contributed by atoms with Gasteiger partial charge in [0.1, 0.15) is 18.9 Å². The summed E-state index contributed by atoms with van der Waals surface area (Å²) >= 11 is 0. The molecular formula is C21H25NO6. The number of rotatable bonds is 8. The fourth-order valence-electron chi connectivity index (χ4n) is 2.90. The lowest BCUT2D eigenvalue weighted by Crippen LogP contribution is -2.16. The molecule has 0 spiro atoms. The molecule has 0 amide bonds. The van der Waals surface area contributed by atoms with Gasteiger partial charge in [0.05, 0.1) is 19.3 Å². The molecule has 1 aromatic heterocycles. The molecule has 0 fully saturated rings. The molecule has 28 heavy (non-hydrogen) atoms. The predicted molar refractivity (Wildman–Crippen MR) is 103 cm³/mol. The van der Waals surface area contributed by atoms with E-state index in [9.17, 15) is 14.4 Å². The topological polar surface area (TPSA) is 83.8 Å². The number of hydrogen-bond donors (Lipinski definition) is 0. The number of hydrogen-bond acceptors (Lipinski definition) is 6. The van der Waals surface area contributed by atoms with Crippen LogP contribution < -0.4 is 4.74 Å². The quantitative estimate of drug-likeness (QED) is 0.511. The fraction of sp³-hybridized carbons (Fsp3) is 0.381. The highest BCUT2D eigenvalue weighted by Gasteiger charge is 2.19. The molecule has 1 heterocycles. The molecule has 0 radical (unpaired) electrons. The summed E-state index contributed by atoms with van der Waals surface area (Å²) in [6.45, 7) is 7.00. The lowest BCUT2D eigenvalue weighted by molar-refractivity contribution is -0.145. The molecule has 0 saturated heterocycles. The van der Waals surface area contributed by atoms with E-state index in [1.807, 2.05) is 6.92 Å². The van der Waals surface area contributed by atoms with E-state index in [0.29, 0.717) is 28.1 Å². The van der Waals surface area contributed by atoms with E-state index < -0.39 is 11.9 Å². The van der Waals surface area contributed by atoms with Crippen molar-refractivity contribution in [3.63, 3.8) is 0 Å². The molecule has 150 valence electrons. The number of esters is 2. The number of carbonyl (C=O) groups is 3. The Kier molecular flexibility index (Phi) is 6.98. The second-order valence-corrected chi connectivity index (χ2v) is 6.33. The highest BCUT2D eigenvalue weighted by atomic mass is 16.5. The van der Waals surface area contributed by atoms with E-state index in [-0.39, 0.29) is 25.5 Å². The first-order chi connectivity index (χ1) is 13.3. The van der Waals surface area contributed by atoms with Gasteiger partial charge in [-0.15, -0.1) is 0 Å². The van der Waals surface area contributed by atoms with Crippen LogP contribution in [0.15, 0.2) is 24.3 Å². The smallest absolute Gasteiger partial charge is 0.339 e. The average molecular weight is 387 g/mol. The Bertz CT molecular complexity index is 897. The molecule has 0 saturated carbocycles. The largest absolute Gasteiger partial charge is 0.496 e. The molecule has 0 N–H and O–H groups in total. The molecular weight excluding hydrogens is 362 g/mol. The van der Waals surface area contributed by atoms with Gasteiger partial charge in [0.2, 0.25) is 0 Å². The SMILES string of the molecule is CCOC(=O)c1cc(C)n(CC(=O)OCc2cc(C(C)=O)ccc2OC)c1C. The molecule has 7 heteroatoms. The highest BCUT2D eigenvalue weighted by Crippen LogP contribution is 2.22. The van der Waals surface area contributed by atoms with Crippen molar-refractivity contribution in [1.82, 2.24) is 4.57 Å². The molecule has 0 aliphatic rings. The number of Topliss-reactive ketones (excluding diaryl/α,β-unsaturated/α-hetero) is 1. The van der Waals surface area contributed by atoms with Crippen LogP contribution in [0, 0.1) is 13.8 Å². The van der Waals surface area contributed by atoms with Gasteiger partial charge in [0.15, 0.2) is 5.78 Å². The maximum atomic E-state index is 12.3. The zero-order chi connectivity index (χ0) is 20.8. The third-order valence-corrected chi connectivity index (χ3v) is 4.43. The van der Waals surface area contributed by atoms with Crippen molar-refractivity contribution >= 4 is 17.7 Å². The molecule has 2 rings (SSSR count). The minimum absolute atomic E-state index is 0.0206. The zero-order valence-electron chi connectivity index (χ0n) is 16.8. The van der Waals surface area contributed by atoms with E-state index >= 15 is 0 Å². The summed E-state index contributed by atoms with van der Waals surface area (Å²) in [6.07, 6.45) is 0. The summed E-state index contributed by atoms with van der Waals surface area (Å²) < 4.78 is 17.4. The summed E-state index contributed by atoms with van der Waals surface area (Å²) in [5.74, 6) is -0.426. The number of benzene rings is 1. The third-order valence-electron chi connectivity index (χ3n) is 4.43. The number of methoxy groups -OCH3 is 1. The van der Waals surface area contributed by atoms with Crippen LogP contribution in [0.5, 0.6) is 5.75 Å². The maximum Gasteiger partial charge on any atom is 0.339 e. The van der Waals surface area contributed by atoms with Crippen molar-refractivity contribution < 1.29 is 28.6 Å². The van der Waals surface area contributed by atoms with Crippen molar-refractivity contribution in [3.05, 3.63) is 52.3 Å². The second kappa shape index (κ2) is 9.21. The van der Waals surface area contributed by atoms with Crippen molar-refractivity contribution in [2.24, 2.45) is 0 Å². The Morgan fingerprint density at radius 1 is 1.07 bits per heavy atom. The van der Waals surface area contributed by atoms with E-state index in [2.05, 4.69) is 0 Å². The Hall–Kier alpha value is -3.09. The molecule has 1 aromatic carbocycles. The van der Waals surface area contributed by atoms with Gasteiger partial charge in [0, 0.05) is 22.5 Å². The zero-order valence-corrected chi connectivity index (χ0v) is 16.8. The van der Waals surface area contributed by atoms with E-state index in [1.54, 1.807) is 42.7 Å². The van der Waals surface area contributed by atoms with E-state index in [4.69, 9.17) is 14.2 Å². The number of ether oxygens (including phenoxy) is 3. The summed E-state index contributed by atoms with van der Waals surface area (Å²) in [4.78, 5) is 35.9. The maximum absolute atomic E-state index is 12.3. The number of aromatic nitrogens is 1. The average Bonchev–Trinajstić information content (AvgIpc) is 2.94. The highest BCUT2D eigenvalue weighted by molar-refractivity contribution is 5.94. The van der Waals surface area contributed by atoms with Gasteiger partial charge in [-0.1, -0.05) is 0 Å². The van der Waals surface area contributed by atoms with Crippen LogP contribution in [-0.2, 0) is 27.4 Å². The third kappa shape index (κ3) is 4.79. The molecule has 7 nitrogen and oxygen atoms in total. The Morgan fingerprint density at radius 3 is 2.39 bits per heavy atom. The van der Waals surface area contributed by atoms with Gasteiger partial charge in [-0.3, -0.25) is 9.59 Å². The first-order valence-corrected chi connectivity index (χ1v) is 8.95. The summed E-state index contributed by atoms with van der Waals surface area (Å²) in [6, 6.07) is 6.68. The molecule has 0 aliphatic carbocycles. The molecule has 2 aromatic rings. The lowest BCUT2D eigenvalue weighted by atomic mass is 10.1. The molecule has 0 bridgehead atoms. The minimum Gasteiger partial charge on any atom is -0.496 e. The molecule has 0 unspecified atom stereocenters. The van der Waals surface area contributed by atoms with E-state index in [0.717, 1.165) is 5.69 Å². The number of nitrogens with zero attached hydrogens (tertiary/aromatic N) is 1. The van der Waals surface area contributed by atoms with Crippen LogP contribution in [0.4, 0.5) is 0 Å². The Morgan fingerprint density at radius 2 is 1.79 bits per heavy atom. The first-order valence-electron chi connectivity index (χ1n) is 8.95. The van der Waals surface area contributed by atoms with Crippen LogP contribution in [0.3, 0.4) is 0 Å². The van der Waals surface area contributed by atoms with Gasteiger partial charge in [-0.2, -0.15) is 0 Å². The predicted octanol–water partition coefficient (Wildman–Crippen LogP) is 3.24. The number of aryl methyl sites for hydroxylation is 1. The Balaban J connectivity index is 2.11. The normalized spacial score (nSPS) is 10.5. The van der Waals surface area contributed by atoms with Crippen LogP contribution in [0.25, 0.3) is 0 Å². The summed E-state index contributed by atoms with van der Waals surface area (Å²) in [7, 11) is 1.51. The van der Waals surface area contributed by atoms with Crippen molar-refractivity contribution in [3.8, 4) is 5.75 Å². The van der Waals surface area contributed by atoms with Gasteiger partial charge >= 0.3 is 11.9 Å². The second-order valence-electron chi connectivity index (χ2n) is 6.33.